The zero-order chi connectivity index (χ0) is 13.2. The van der Waals surface area contributed by atoms with E-state index in [1.54, 1.807) is 6.33 Å². The smallest absolute Gasteiger partial charge is 0.146 e. The summed E-state index contributed by atoms with van der Waals surface area (Å²) in [6.07, 6.45) is 4.09. The molecule has 1 fully saturated rings. The van der Waals surface area contributed by atoms with E-state index in [4.69, 9.17) is 11.6 Å². The summed E-state index contributed by atoms with van der Waals surface area (Å²) >= 11 is 5.90. The summed E-state index contributed by atoms with van der Waals surface area (Å²) in [5.74, 6) is 1.64. The number of benzene rings is 1. The van der Waals surface area contributed by atoms with E-state index in [1.165, 1.54) is 18.4 Å². The second-order valence-electron chi connectivity index (χ2n) is 5.16. The van der Waals surface area contributed by atoms with Crippen LogP contribution in [0.1, 0.15) is 30.1 Å². The maximum Gasteiger partial charge on any atom is 0.146 e. The zero-order valence-electron chi connectivity index (χ0n) is 10.9. The van der Waals surface area contributed by atoms with Gasteiger partial charge in [-0.2, -0.15) is 0 Å². The van der Waals surface area contributed by atoms with E-state index < -0.39 is 0 Å². The van der Waals surface area contributed by atoms with E-state index in [-0.39, 0.29) is 0 Å². The van der Waals surface area contributed by atoms with Crippen LogP contribution in [-0.2, 0) is 13.6 Å². The first kappa shape index (κ1) is 12.6. The van der Waals surface area contributed by atoms with Gasteiger partial charge in [0.2, 0.25) is 0 Å². The average molecular weight is 277 g/mol. The quantitative estimate of drug-likeness (QED) is 0.933. The SMILES string of the molecule is Cn1cnnc1CNC1CC(c2ccc(Cl)cc2)C1. The maximum absolute atomic E-state index is 5.90. The number of rotatable bonds is 4. The van der Waals surface area contributed by atoms with Crippen LogP contribution in [0.15, 0.2) is 30.6 Å². The van der Waals surface area contributed by atoms with Gasteiger partial charge in [-0.15, -0.1) is 10.2 Å². The van der Waals surface area contributed by atoms with Gasteiger partial charge < -0.3 is 9.88 Å². The summed E-state index contributed by atoms with van der Waals surface area (Å²) in [6.45, 7) is 0.786. The normalized spacial score (nSPS) is 22.2. The number of hydrogen-bond acceptors (Lipinski definition) is 3. The van der Waals surface area contributed by atoms with E-state index in [2.05, 4.69) is 27.6 Å². The lowest BCUT2D eigenvalue weighted by Crippen LogP contribution is -2.40. The molecule has 0 saturated heterocycles. The minimum absolute atomic E-state index is 0.581. The molecule has 1 saturated carbocycles. The van der Waals surface area contributed by atoms with Gasteiger partial charge in [0.25, 0.3) is 0 Å². The van der Waals surface area contributed by atoms with Crippen molar-refractivity contribution in [1.29, 1.82) is 0 Å². The predicted octanol–water partition coefficient (Wildman–Crippen LogP) is 2.50. The van der Waals surface area contributed by atoms with Gasteiger partial charge in [0.1, 0.15) is 12.2 Å². The van der Waals surface area contributed by atoms with E-state index in [1.807, 2.05) is 23.7 Å². The van der Waals surface area contributed by atoms with Crippen LogP contribution < -0.4 is 5.32 Å². The fourth-order valence-electron chi connectivity index (χ4n) is 2.49. The monoisotopic (exact) mass is 276 g/mol. The Morgan fingerprint density at radius 2 is 2.05 bits per heavy atom. The summed E-state index contributed by atoms with van der Waals surface area (Å²) in [6, 6.07) is 8.78. The highest BCUT2D eigenvalue weighted by molar-refractivity contribution is 6.30. The number of halogens is 1. The Morgan fingerprint density at radius 3 is 2.68 bits per heavy atom. The molecule has 0 spiro atoms. The van der Waals surface area contributed by atoms with Gasteiger partial charge >= 0.3 is 0 Å². The molecule has 0 amide bonds. The number of hydrogen-bond donors (Lipinski definition) is 1. The summed E-state index contributed by atoms with van der Waals surface area (Å²) in [7, 11) is 1.97. The third kappa shape index (κ3) is 2.80. The van der Waals surface area contributed by atoms with Crippen LogP contribution in [0.4, 0.5) is 0 Å². The first-order valence-corrected chi connectivity index (χ1v) is 6.92. The zero-order valence-corrected chi connectivity index (χ0v) is 11.6. The first-order chi connectivity index (χ1) is 9.22. The van der Waals surface area contributed by atoms with E-state index in [9.17, 15) is 0 Å². The highest BCUT2D eigenvalue weighted by Crippen LogP contribution is 2.37. The first-order valence-electron chi connectivity index (χ1n) is 6.54. The Balaban J connectivity index is 1.48. The number of aryl methyl sites for hydroxylation is 1. The summed E-state index contributed by atoms with van der Waals surface area (Å²) in [5.41, 5.74) is 1.39. The number of aromatic nitrogens is 3. The molecule has 1 aromatic heterocycles. The van der Waals surface area contributed by atoms with Crippen molar-refractivity contribution in [2.24, 2.45) is 7.05 Å². The van der Waals surface area contributed by atoms with Crippen LogP contribution in [0.5, 0.6) is 0 Å². The van der Waals surface area contributed by atoms with Crippen molar-refractivity contribution >= 4 is 11.6 Å². The predicted molar refractivity (Wildman–Crippen MR) is 75.1 cm³/mol. The van der Waals surface area contributed by atoms with E-state index >= 15 is 0 Å². The van der Waals surface area contributed by atoms with Gasteiger partial charge in [-0.05, 0) is 36.5 Å². The molecule has 1 N–H and O–H groups in total. The second-order valence-corrected chi connectivity index (χ2v) is 5.59. The Hall–Kier alpha value is -1.39. The Labute approximate surface area is 117 Å². The molecule has 1 aliphatic carbocycles. The lowest BCUT2D eigenvalue weighted by molar-refractivity contribution is 0.286. The third-order valence-corrected chi connectivity index (χ3v) is 4.09. The fraction of sp³-hybridized carbons (Fsp3) is 0.429. The van der Waals surface area contributed by atoms with Gasteiger partial charge in [0.15, 0.2) is 0 Å². The molecular formula is C14H17ClN4. The molecule has 100 valence electrons. The topological polar surface area (TPSA) is 42.7 Å². The van der Waals surface area contributed by atoms with Gasteiger partial charge in [0.05, 0.1) is 6.54 Å². The van der Waals surface area contributed by atoms with Crippen LogP contribution in [0.3, 0.4) is 0 Å². The van der Waals surface area contributed by atoms with Crippen molar-refractivity contribution in [3.05, 3.63) is 47.0 Å². The lowest BCUT2D eigenvalue weighted by Gasteiger charge is -2.36. The number of nitrogens with one attached hydrogen (secondary N) is 1. The Bertz CT molecular complexity index is 543. The largest absolute Gasteiger partial charge is 0.320 e. The number of nitrogens with zero attached hydrogens (tertiary/aromatic N) is 3. The van der Waals surface area contributed by atoms with Crippen molar-refractivity contribution in [1.82, 2.24) is 20.1 Å². The molecule has 3 rings (SSSR count). The standard InChI is InChI=1S/C14H17ClN4/c1-19-9-17-18-14(19)8-16-13-6-11(7-13)10-2-4-12(15)5-3-10/h2-5,9,11,13,16H,6-8H2,1H3. The average Bonchev–Trinajstić information content (AvgIpc) is 2.75. The molecular weight excluding hydrogens is 260 g/mol. The minimum Gasteiger partial charge on any atom is -0.320 e. The summed E-state index contributed by atoms with van der Waals surface area (Å²) < 4.78 is 1.95. The van der Waals surface area contributed by atoms with Gasteiger partial charge in [0, 0.05) is 18.1 Å². The molecule has 0 aliphatic heterocycles. The van der Waals surface area contributed by atoms with Crippen LogP contribution in [0.25, 0.3) is 0 Å². The molecule has 0 bridgehead atoms. The minimum atomic E-state index is 0.581. The molecule has 19 heavy (non-hydrogen) atoms. The Kier molecular flexibility index (Phi) is 3.53. The molecule has 0 unspecified atom stereocenters. The fourth-order valence-corrected chi connectivity index (χ4v) is 2.62. The van der Waals surface area contributed by atoms with Gasteiger partial charge in [-0.1, -0.05) is 23.7 Å². The molecule has 0 atom stereocenters. The van der Waals surface area contributed by atoms with E-state index in [0.29, 0.717) is 12.0 Å². The van der Waals surface area contributed by atoms with Crippen molar-refractivity contribution in [2.45, 2.75) is 31.3 Å². The van der Waals surface area contributed by atoms with Crippen LogP contribution in [0.2, 0.25) is 5.02 Å². The van der Waals surface area contributed by atoms with Crippen molar-refractivity contribution in [3.8, 4) is 0 Å². The van der Waals surface area contributed by atoms with Crippen molar-refractivity contribution in [2.75, 3.05) is 0 Å². The van der Waals surface area contributed by atoms with Crippen molar-refractivity contribution < 1.29 is 0 Å². The summed E-state index contributed by atoms with van der Waals surface area (Å²) in [4.78, 5) is 0. The molecule has 4 nitrogen and oxygen atoms in total. The Morgan fingerprint density at radius 1 is 1.32 bits per heavy atom. The third-order valence-electron chi connectivity index (χ3n) is 3.83. The molecule has 1 aliphatic rings. The van der Waals surface area contributed by atoms with Crippen LogP contribution in [-0.4, -0.2) is 20.8 Å². The molecule has 5 heteroatoms. The molecule has 0 radical (unpaired) electrons. The maximum atomic E-state index is 5.90. The van der Waals surface area contributed by atoms with Crippen molar-refractivity contribution in [3.63, 3.8) is 0 Å². The lowest BCUT2D eigenvalue weighted by atomic mass is 9.76. The molecule has 1 heterocycles. The second kappa shape index (κ2) is 5.31. The highest BCUT2D eigenvalue weighted by Gasteiger charge is 2.29. The van der Waals surface area contributed by atoms with Crippen LogP contribution in [0, 0.1) is 0 Å². The van der Waals surface area contributed by atoms with E-state index in [0.717, 1.165) is 17.4 Å². The van der Waals surface area contributed by atoms with Gasteiger partial charge in [-0.3, -0.25) is 0 Å². The molecule has 2 aromatic rings. The van der Waals surface area contributed by atoms with Gasteiger partial charge in [-0.25, -0.2) is 0 Å². The molecule has 1 aromatic carbocycles. The van der Waals surface area contributed by atoms with Crippen LogP contribution >= 0.6 is 11.6 Å². The summed E-state index contributed by atoms with van der Waals surface area (Å²) in [5, 5.41) is 12.3. The highest BCUT2D eigenvalue weighted by atomic mass is 35.5.